The van der Waals surface area contributed by atoms with E-state index in [-0.39, 0.29) is 11.8 Å². The zero-order valence-electron chi connectivity index (χ0n) is 8.75. The van der Waals surface area contributed by atoms with Gasteiger partial charge in [0, 0.05) is 0 Å². The van der Waals surface area contributed by atoms with Crippen molar-refractivity contribution in [1.82, 2.24) is 0 Å². The molecule has 0 aliphatic heterocycles. The Morgan fingerprint density at radius 1 is 1.31 bits per heavy atom. The molecule has 0 spiro atoms. The van der Waals surface area contributed by atoms with Crippen LogP contribution in [-0.2, 0) is 4.79 Å². The Bertz CT molecular complexity index is 173. The number of carbonyl (C=O) groups excluding carboxylic acids is 1. The van der Waals surface area contributed by atoms with Crippen LogP contribution < -0.4 is 5.73 Å². The first-order valence-electron chi connectivity index (χ1n) is 5.39. The van der Waals surface area contributed by atoms with Crippen LogP contribution in [0.3, 0.4) is 0 Å². The summed E-state index contributed by atoms with van der Waals surface area (Å²) in [6.07, 6.45) is 6.53. The Kier molecular flexibility index (Phi) is 3.91. The first-order chi connectivity index (χ1) is 6.13. The topological polar surface area (TPSA) is 43.1 Å². The fourth-order valence-electron chi connectivity index (χ4n) is 2.32. The molecular formula is C11H21NO. The third-order valence-corrected chi connectivity index (χ3v) is 3.43. The normalized spacial score (nSPS) is 23.9. The van der Waals surface area contributed by atoms with E-state index < -0.39 is 0 Å². The van der Waals surface area contributed by atoms with Crippen molar-refractivity contribution in [2.45, 2.75) is 52.0 Å². The number of carbonyl (C=O) groups is 1. The first-order valence-corrected chi connectivity index (χ1v) is 5.39. The summed E-state index contributed by atoms with van der Waals surface area (Å²) in [5.41, 5.74) is 5.84. The second-order valence-corrected chi connectivity index (χ2v) is 4.39. The molecule has 0 bridgehead atoms. The summed E-state index contributed by atoms with van der Waals surface area (Å²) in [5.74, 6) is 1.20. The average Bonchev–Trinajstić information content (AvgIpc) is 2.17. The van der Waals surface area contributed by atoms with E-state index in [1.807, 2.05) is 0 Å². The van der Waals surface area contributed by atoms with Gasteiger partial charge in [0.05, 0.1) is 6.04 Å². The lowest BCUT2D eigenvalue weighted by Crippen LogP contribution is -2.39. The van der Waals surface area contributed by atoms with Crippen LogP contribution in [0.15, 0.2) is 0 Å². The van der Waals surface area contributed by atoms with Gasteiger partial charge in [-0.25, -0.2) is 0 Å². The fraction of sp³-hybridized carbons (Fsp3) is 0.909. The molecular weight excluding hydrogens is 162 g/mol. The largest absolute Gasteiger partial charge is 0.321 e. The molecule has 1 aliphatic rings. The minimum Gasteiger partial charge on any atom is -0.321 e. The standard InChI is InChI=1S/C11H21NO/c1-8(11(12)9(2)13)10-6-4-3-5-7-10/h8,10-11H,3-7,12H2,1-2H3/t8-,11-/m1/s1. The molecule has 1 fully saturated rings. The van der Waals surface area contributed by atoms with Crippen molar-refractivity contribution in [3.63, 3.8) is 0 Å². The molecule has 2 nitrogen and oxygen atoms in total. The second kappa shape index (κ2) is 4.75. The van der Waals surface area contributed by atoms with E-state index in [0.29, 0.717) is 11.8 Å². The third kappa shape index (κ3) is 2.80. The Morgan fingerprint density at radius 2 is 1.85 bits per heavy atom. The molecule has 0 aromatic rings. The Labute approximate surface area is 80.9 Å². The highest BCUT2D eigenvalue weighted by atomic mass is 16.1. The number of Topliss-reactive ketones (excluding diaryl/α,β-unsaturated/α-hetero) is 1. The van der Waals surface area contributed by atoms with E-state index >= 15 is 0 Å². The maximum atomic E-state index is 11.1. The Balaban J connectivity index is 2.44. The van der Waals surface area contributed by atoms with E-state index in [1.54, 1.807) is 6.92 Å². The van der Waals surface area contributed by atoms with E-state index in [9.17, 15) is 4.79 Å². The van der Waals surface area contributed by atoms with Gasteiger partial charge >= 0.3 is 0 Å². The predicted molar refractivity (Wildman–Crippen MR) is 54.4 cm³/mol. The third-order valence-electron chi connectivity index (χ3n) is 3.43. The van der Waals surface area contributed by atoms with Gasteiger partial charge in [0.25, 0.3) is 0 Å². The molecule has 0 radical (unpaired) electrons. The quantitative estimate of drug-likeness (QED) is 0.728. The maximum absolute atomic E-state index is 11.1. The minimum atomic E-state index is -0.233. The van der Waals surface area contributed by atoms with Crippen LogP contribution in [0.4, 0.5) is 0 Å². The summed E-state index contributed by atoms with van der Waals surface area (Å²) < 4.78 is 0. The van der Waals surface area contributed by atoms with Crippen molar-refractivity contribution >= 4 is 5.78 Å². The molecule has 13 heavy (non-hydrogen) atoms. The Morgan fingerprint density at radius 3 is 2.31 bits per heavy atom. The predicted octanol–water partition coefficient (Wildman–Crippen LogP) is 2.12. The highest BCUT2D eigenvalue weighted by Crippen LogP contribution is 2.31. The molecule has 0 unspecified atom stereocenters. The minimum absolute atomic E-state index is 0.137. The molecule has 0 saturated heterocycles. The highest BCUT2D eigenvalue weighted by molar-refractivity contribution is 5.81. The van der Waals surface area contributed by atoms with Gasteiger partial charge in [-0.15, -0.1) is 0 Å². The van der Waals surface area contributed by atoms with Crippen molar-refractivity contribution in [3.05, 3.63) is 0 Å². The van der Waals surface area contributed by atoms with Crippen LogP contribution in [0.1, 0.15) is 46.0 Å². The summed E-state index contributed by atoms with van der Waals surface area (Å²) in [7, 11) is 0. The van der Waals surface area contributed by atoms with E-state index in [1.165, 1.54) is 32.1 Å². The number of ketones is 1. The van der Waals surface area contributed by atoms with Gasteiger partial charge in [-0.3, -0.25) is 4.79 Å². The first kappa shape index (κ1) is 10.7. The van der Waals surface area contributed by atoms with Crippen LogP contribution in [0.2, 0.25) is 0 Å². The summed E-state index contributed by atoms with van der Waals surface area (Å²) in [6, 6.07) is -0.233. The van der Waals surface area contributed by atoms with Gasteiger partial charge in [0.2, 0.25) is 0 Å². The number of hydrogen-bond donors (Lipinski definition) is 1. The SMILES string of the molecule is CC(=O)[C@H](N)[C@H](C)C1CCCCC1. The second-order valence-electron chi connectivity index (χ2n) is 4.39. The summed E-state index contributed by atoms with van der Waals surface area (Å²) >= 11 is 0. The summed E-state index contributed by atoms with van der Waals surface area (Å²) in [6.45, 7) is 3.73. The number of nitrogens with two attached hydrogens (primary N) is 1. The highest BCUT2D eigenvalue weighted by Gasteiger charge is 2.26. The van der Waals surface area contributed by atoms with Crippen molar-refractivity contribution in [2.75, 3.05) is 0 Å². The molecule has 1 saturated carbocycles. The molecule has 76 valence electrons. The molecule has 0 aromatic carbocycles. The van der Waals surface area contributed by atoms with Crippen LogP contribution in [0.25, 0.3) is 0 Å². The van der Waals surface area contributed by atoms with Crippen molar-refractivity contribution in [3.8, 4) is 0 Å². The van der Waals surface area contributed by atoms with Crippen LogP contribution in [-0.4, -0.2) is 11.8 Å². The fourth-order valence-corrected chi connectivity index (χ4v) is 2.32. The average molecular weight is 183 g/mol. The Hall–Kier alpha value is -0.370. The zero-order valence-corrected chi connectivity index (χ0v) is 8.75. The van der Waals surface area contributed by atoms with Crippen molar-refractivity contribution in [1.29, 1.82) is 0 Å². The molecule has 2 N–H and O–H groups in total. The monoisotopic (exact) mass is 183 g/mol. The lowest BCUT2D eigenvalue weighted by Gasteiger charge is -2.30. The lowest BCUT2D eigenvalue weighted by atomic mass is 9.77. The van der Waals surface area contributed by atoms with Crippen molar-refractivity contribution in [2.24, 2.45) is 17.6 Å². The van der Waals surface area contributed by atoms with Gasteiger partial charge in [-0.1, -0.05) is 39.0 Å². The number of hydrogen-bond acceptors (Lipinski definition) is 2. The van der Waals surface area contributed by atoms with Gasteiger partial charge in [-0.2, -0.15) is 0 Å². The summed E-state index contributed by atoms with van der Waals surface area (Å²) in [4.78, 5) is 11.1. The molecule has 1 rings (SSSR count). The maximum Gasteiger partial charge on any atom is 0.146 e. The molecule has 2 atom stereocenters. The van der Waals surface area contributed by atoms with Crippen LogP contribution in [0, 0.1) is 11.8 Å². The molecule has 2 heteroatoms. The van der Waals surface area contributed by atoms with Gasteiger partial charge in [-0.05, 0) is 18.8 Å². The summed E-state index contributed by atoms with van der Waals surface area (Å²) in [5, 5.41) is 0. The van der Waals surface area contributed by atoms with Gasteiger partial charge in [0.1, 0.15) is 5.78 Å². The van der Waals surface area contributed by atoms with E-state index in [2.05, 4.69) is 6.92 Å². The molecule has 0 aromatic heterocycles. The number of rotatable bonds is 3. The smallest absolute Gasteiger partial charge is 0.146 e. The lowest BCUT2D eigenvalue weighted by molar-refractivity contribution is -0.119. The molecule has 0 heterocycles. The van der Waals surface area contributed by atoms with E-state index in [4.69, 9.17) is 5.73 Å². The molecule has 1 aliphatic carbocycles. The van der Waals surface area contributed by atoms with E-state index in [0.717, 1.165) is 0 Å². The molecule has 0 amide bonds. The zero-order chi connectivity index (χ0) is 9.84. The van der Waals surface area contributed by atoms with Gasteiger partial charge in [0.15, 0.2) is 0 Å². The van der Waals surface area contributed by atoms with Gasteiger partial charge < -0.3 is 5.73 Å². The van der Waals surface area contributed by atoms with Crippen molar-refractivity contribution < 1.29 is 4.79 Å². The van der Waals surface area contributed by atoms with Crippen LogP contribution >= 0.6 is 0 Å². The van der Waals surface area contributed by atoms with Crippen LogP contribution in [0.5, 0.6) is 0 Å².